The second-order valence-corrected chi connectivity index (χ2v) is 9.68. The predicted octanol–water partition coefficient (Wildman–Crippen LogP) is 4.88. The van der Waals surface area contributed by atoms with E-state index in [-0.39, 0.29) is 10.5 Å². The first-order valence-electron chi connectivity index (χ1n) is 9.54. The van der Waals surface area contributed by atoms with Gasteiger partial charge in [-0.2, -0.15) is 0 Å². The molecule has 5 rings (SSSR count). The summed E-state index contributed by atoms with van der Waals surface area (Å²) in [6.07, 6.45) is 0. The number of nitrogens with zero attached hydrogens (tertiary/aromatic N) is 1. The maximum absolute atomic E-state index is 12.7. The van der Waals surface area contributed by atoms with Gasteiger partial charge in [0.25, 0.3) is 10.0 Å². The van der Waals surface area contributed by atoms with Gasteiger partial charge < -0.3 is 9.15 Å². The largest absolute Gasteiger partial charge is 0.497 e. The van der Waals surface area contributed by atoms with Gasteiger partial charge in [0.15, 0.2) is 0 Å². The van der Waals surface area contributed by atoms with E-state index >= 15 is 0 Å². The van der Waals surface area contributed by atoms with Crippen molar-refractivity contribution in [2.24, 2.45) is 0 Å². The van der Waals surface area contributed by atoms with Crippen LogP contribution in [0.3, 0.4) is 0 Å². The number of thiazole rings is 1. The van der Waals surface area contributed by atoms with Crippen LogP contribution in [-0.4, -0.2) is 20.5 Å². The number of hydrogen-bond acceptors (Lipinski definition) is 7. The van der Waals surface area contributed by atoms with Gasteiger partial charge in [-0.25, -0.2) is 18.2 Å². The fraction of sp³-hybridized carbons (Fsp3) is 0.0435. The normalized spacial score (nSPS) is 11.7. The summed E-state index contributed by atoms with van der Waals surface area (Å²) < 4.78 is 39.3. The molecule has 0 atom stereocenters. The van der Waals surface area contributed by atoms with E-state index in [1.54, 1.807) is 43.5 Å². The van der Waals surface area contributed by atoms with Crippen molar-refractivity contribution >= 4 is 48.2 Å². The number of benzene rings is 3. The molecule has 0 radical (unpaired) electrons. The van der Waals surface area contributed by atoms with E-state index in [9.17, 15) is 13.2 Å². The summed E-state index contributed by atoms with van der Waals surface area (Å²) >= 11 is 1.38. The van der Waals surface area contributed by atoms with Crippen LogP contribution in [0.5, 0.6) is 5.75 Å². The number of methoxy groups -OCH3 is 1. The fourth-order valence-corrected chi connectivity index (χ4v) is 5.31. The van der Waals surface area contributed by atoms with E-state index in [1.165, 1.54) is 29.5 Å². The van der Waals surface area contributed by atoms with E-state index in [2.05, 4.69) is 9.71 Å². The van der Waals surface area contributed by atoms with Crippen LogP contribution in [0.2, 0.25) is 0 Å². The van der Waals surface area contributed by atoms with Crippen LogP contribution in [0.1, 0.15) is 0 Å². The van der Waals surface area contributed by atoms with Crippen LogP contribution in [-0.2, 0) is 10.0 Å². The minimum absolute atomic E-state index is 0.143. The topological polar surface area (TPSA) is 98.5 Å². The van der Waals surface area contributed by atoms with Crippen molar-refractivity contribution < 1.29 is 17.6 Å². The number of fused-ring (bicyclic) bond motifs is 2. The molecule has 9 heteroatoms. The van der Waals surface area contributed by atoms with Crippen molar-refractivity contribution in [2.75, 3.05) is 11.8 Å². The van der Waals surface area contributed by atoms with Crippen molar-refractivity contribution in [3.8, 4) is 16.3 Å². The molecule has 0 spiro atoms. The summed E-state index contributed by atoms with van der Waals surface area (Å²) in [4.78, 5) is 17.4. The molecule has 2 heterocycles. The molecule has 0 aliphatic heterocycles. The molecular formula is C23H16N2O5S2. The van der Waals surface area contributed by atoms with Gasteiger partial charge in [-0.15, -0.1) is 11.3 Å². The number of nitrogens with one attached hydrogen (secondary N) is 1. The monoisotopic (exact) mass is 464 g/mol. The van der Waals surface area contributed by atoms with E-state index in [0.29, 0.717) is 27.4 Å². The van der Waals surface area contributed by atoms with Crippen LogP contribution < -0.4 is 15.1 Å². The smallest absolute Gasteiger partial charge is 0.346 e. The Morgan fingerprint density at radius 1 is 1.00 bits per heavy atom. The third-order valence-electron chi connectivity index (χ3n) is 4.87. The van der Waals surface area contributed by atoms with Gasteiger partial charge in [-0.3, -0.25) is 4.72 Å². The number of sulfonamides is 1. The molecule has 0 amide bonds. The number of hydrogen-bond donors (Lipinski definition) is 1. The highest BCUT2D eigenvalue weighted by molar-refractivity contribution is 7.92. The summed E-state index contributed by atoms with van der Waals surface area (Å²) in [5, 5.41) is 1.19. The van der Waals surface area contributed by atoms with Crippen LogP contribution in [0.4, 0.5) is 5.69 Å². The molecule has 0 saturated heterocycles. The lowest BCUT2D eigenvalue weighted by molar-refractivity contribution is 0.415. The molecule has 0 unspecified atom stereocenters. The zero-order valence-electron chi connectivity index (χ0n) is 16.7. The number of rotatable bonds is 5. The van der Waals surface area contributed by atoms with Crippen LogP contribution in [0.25, 0.3) is 31.8 Å². The second kappa shape index (κ2) is 7.77. The van der Waals surface area contributed by atoms with Gasteiger partial charge in [0.1, 0.15) is 16.3 Å². The SMILES string of the molecule is COc1ccc2sc(-c3cc4ccc(NS(=O)(=O)c5ccccc5)cc4oc3=O)nc2c1. The molecule has 0 fully saturated rings. The van der Waals surface area contributed by atoms with Crippen molar-refractivity contribution in [3.05, 3.63) is 83.2 Å². The first-order valence-corrected chi connectivity index (χ1v) is 11.8. The summed E-state index contributed by atoms with van der Waals surface area (Å²) in [7, 11) is -2.17. The van der Waals surface area contributed by atoms with Gasteiger partial charge in [-0.05, 0) is 42.5 Å². The van der Waals surface area contributed by atoms with E-state index < -0.39 is 15.6 Å². The van der Waals surface area contributed by atoms with Gasteiger partial charge in [0.2, 0.25) is 0 Å². The highest BCUT2D eigenvalue weighted by Crippen LogP contribution is 2.32. The number of ether oxygens (including phenoxy) is 1. The molecule has 0 bridgehead atoms. The Kier molecular flexibility index (Phi) is 4.91. The standard InChI is InChI=1S/C23H16N2O5S2/c1-29-16-9-10-21-19(13-16)24-22(31-21)18-11-14-7-8-15(12-20(14)30-23(18)26)25-32(27,28)17-5-3-2-4-6-17/h2-13,25H,1H3. The lowest BCUT2D eigenvalue weighted by atomic mass is 10.2. The second-order valence-electron chi connectivity index (χ2n) is 6.97. The van der Waals surface area contributed by atoms with Crippen LogP contribution >= 0.6 is 11.3 Å². The molecule has 160 valence electrons. The highest BCUT2D eigenvalue weighted by atomic mass is 32.2. The van der Waals surface area contributed by atoms with Crippen LogP contribution in [0.15, 0.2) is 86.9 Å². The van der Waals surface area contributed by atoms with Gasteiger partial charge in [0, 0.05) is 17.5 Å². The Balaban J connectivity index is 1.52. The molecule has 7 nitrogen and oxygen atoms in total. The van der Waals surface area contributed by atoms with Crippen molar-refractivity contribution in [2.45, 2.75) is 4.90 Å². The molecule has 2 aromatic heterocycles. The molecule has 0 aliphatic carbocycles. The molecule has 5 aromatic rings. The Morgan fingerprint density at radius 2 is 1.81 bits per heavy atom. The van der Waals surface area contributed by atoms with Crippen LogP contribution in [0, 0.1) is 0 Å². The van der Waals surface area contributed by atoms with Gasteiger partial charge in [0.05, 0.1) is 33.5 Å². The van der Waals surface area contributed by atoms with E-state index in [4.69, 9.17) is 9.15 Å². The summed E-state index contributed by atoms with van der Waals surface area (Å²) in [5.74, 6) is 0.686. The van der Waals surface area contributed by atoms with Gasteiger partial charge in [-0.1, -0.05) is 18.2 Å². The minimum Gasteiger partial charge on any atom is -0.497 e. The Hall–Kier alpha value is -3.69. The molecule has 32 heavy (non-hydrogen) atoms. The molecule has 3 aromatic carbocycles. The first kappa shape index (κ1) is 20.2. The lowest BCUT2D eigenvalue weighted by Crippen LogP contribution is -2.12. The maximum Gasteiger partial charge on any atom is 0.346 e. The number of aromatic nitrogens is 1. The Labute approximate surface area is 187 Å². The Bertz CT molecular complexity index is 1620. The minimum atomic E-state index is -3.75. The molecular weight excluding hydrogens is 448 g/mol. The van der Waals surface area contributed by atoms with Crippen molar-refractivity contribution in [1.82, 2.24) is 4.98 Å². The summed E-state index contributed by atoms with van der Waals surface area (Å²) in [6, 6.07) is 20.1. The maximum atomic E-state index is 12.7. The molecule has 1 N–H and O–H groups in total. The lowest BCUT2D eigenvalue weighted by Gasteiger charge is -2.08. The molecule has 0 aliphatic rings. The predicted molar refractivity (Wildman–Crippen MR) is 125 cm³/mol. The van der Waals surface area contributed by atoms with Crippen molar-refractivity contribution in [3.63, 3.8) is 0 Å². The molecule has 0 saturated carbocycles. The summed E-state index contributed by atoms with van der Waals surface area (Å²) in [5.41, 5.74) is 1.09. The summed E-state index contributed by atoms with van der Waals surface area (Å²) in [6.45, 7) is 0. The average Bonchev–Trinajstić information content (AvgIpc) is 3.22. The zero-order valence-corrected chi connectivity index (χ0v) is 18.4. The highest BCUT2D eigenvalue weighted by Gasteiger charge is 2.16. The first-order chi connectivity index (χ1) is 15.4. The van der Waals surface area contributed by atoms with E-state index in [1.807, 2.05) is 18.2 Å². The fourth-order valence-electron chi connectivity index (χ4n) is 3.29. The quantitative estimate of drug-likeness (QED) is 0.372. The zero-order chi connectivity index (χ0) is 22.3. The Morgan fingerprint density at radius 3 is 2.59 bits per heavy atom. The third kappa shape index (κ3) is 3.72. The average molecular weight is 465 g/mol. The number of anilines is 1. The third-order valence-corrected chi connectivity index (χ3v) is 7.33. The van der Waals surface area contributed by atoms with E-state index in [0.717, 1.165) is 10.2 Å². The van der Waals surface area contributed by atoms with Gasteiger partial charge >= 0.3 is 5.63 Å². The van der Waals surface area contributed by atoms with Crippen molar-refractivity contribution in [1.29, 1.82) is 0 Å².